The van der Waals surface area contributed by atoms with E-state index < -0.39 is 17.5 Å². The first-order valence-corrected chi connectivity index (χ1v) is 11.7. The molecule has 32 heavy (non-hydrogen) atoms. The predicted molar refractivity (Wildman–Crippen MR) is 126 cm³/mol. The molecule has 0 aromatic heterocycles. The standard InChI is InChI=1S/C26H42O6/c1-8-25(7,9-2)31-17-16-30-22(28)20-12-14-21(15-13-20)23(29)32-26(10-3,11-4)18-24(5,6)19-27/h12-15,27H,8-11,16-19H2,1-7H3. The van der Waals surface area contributed by atoms with Crippen LogP contribution < -0.4 is 0 Å². The summed E-state index contributed by atoms with van der Waals surface area (Å²) in [6.45, 7) is 14.6. The van der Waals surface area contributed by atoms with Gasteiger partial charge in [0.1, 0.15) is 12.2 Å². The third-order valence-electron chi connectivity index (χ3n) is 6.45. The molecule has 0 unspecified atom stereocenters. The van der Waals surface area contributed by atoms with Gasteiger partial charge in [0, 0.05) is 6.61 Å². The molecular weight excluding hydrogens is 408 g/mol. The summed E-state index contributed by atoms with van der Waals surface area (Å²) in [5.74, 6) is -0.890. The van der Waals surface area contributed by atoms with E-state index in [0.29, 0.717) is 37.0 Å². The smallest absolute Gasteiger partial charge is 0.338 e. The van der Waals surface area contributed by atoms with Crippen molar-refractivity contribution >= 4 is 11.9 Å². The summed E-state index contributed by atoms with van der Waals surface area (Å²) in [4.78, 5) is 25.1. The minimum atomic E-state index is -0.646. The Balaban J connectivity index is 2.71. The van der Waals surface area contributed by atoms with E-state index in [2.05, 4.69) is 13.8 Å². The second-order valence-corrected chi connectivity index (χ2v) is 9.50. The van der Waals surface area contributed by atoms with E-state index >= 15 is 0 Å². The number of carbonyl (C=O) groups is 2. The topological polar surface area (TPSA) is 82.1 Å². The fraction of sp³-hybridized carbons (Fsp3) is 0.692. The lowest BCUT2D eigenvalue weighted by molar-refractivity contribution is -0.0546. The molecule has 1 N–H and O–H groups in total. The highest BCUT2D eigenvalue weighted by Gasteiger charge is 2.37. The number of hydrogen-bond donors (Lipinski definition) is 1. The zero-order chi connectivity index (χ0) is 24.4. The van der Waals surface area contributed by atoms with Crippen molar-refractivity contribution < 1.29 is 28.9 Å². The molecule has 1 aromatic carbocycles. The van der Waals surface area contributed by atoms with Crippen LogP contribution >= 0.6 is 0 Å². The fourth-order valence-corrected chi connectivity index (χ4v) is 3.57. The van der Waals surface area contributed by atoms with Crippen molar-refractivity contribution in [3.63, 3.8) is 0 Å². The van der Waals surface area contributed by atoms with Crippen LogP contribution in [-0.2, 0) is 14.2 Å². The highest BCUT2D eigenvalue weighted by molar-refractivity contribution is 5.93. The average molecular weight is 451 g/mol. The van der Waals surface area contributed by atoms with Crippen LogP contribution in [0.5, 0.6) is 0 Å². The summed E-state index contributed by atoms with van der Waals surface area (Å²) in [6, 6.07) is 6.29. The zero-order valence-corrected chi connectivity index (χ0v) is 21.0. The molecule has 1 rings (SSSR count). The maximum atomic E-state index is 12.8. The number of ether oxygens (including phenoxy) is 3. The van der Waals surface area contributed by atoms with E-state index in [-0.39, 0.29) is 24.2 Å². The van der Waals surface area contributed by atoms with Crippen LogP contribution in [0.3, 0.4) is 0 Å². The molecule has 6 nitrogen and oxygen atoms in total. The van der Waals surface area contributed by atoms with Gasteiger partial charge >= 0.3 is 11.9 Å². The van der Waals surface area contributed by atoms with Crippen molar-refractivity contribution in [3.05, 3.63) is 35.4 Å². The van der Waals surface area contributed by atoms with Crippen molar-refractivity contribution in [1.82, 2.24) is 0 Å². The molecule has 0 saturated carbocycles. The van der Waals surface area contributed by atoms with Gasteiger partial charge in [-0.05, 0) is 68.7 Å². The van der Waals surface area contributed by atoms with Gasteiger partial charge in [-0.1, -0.05) is 41.5 Å². The van der Waals surface area contributed by atoms with Gasteiger partial charge in [0.2, 0.25) is 0 Å². The van der Waals surface area contributed by atoms with Crippen molar-refractivity contribution in [3.8, 4) is 0 Å². The Hall–Kier alpha value is -1.92. The Morgan fingerprint density at radius 1 is 0.812 bits per heavy atom. The molecule has 0 atom stereocenters. The van der Waals surface area contributed by atoms with Crippen LogP contribution in [0.15, 0.2) is 24.3 Å². The predicted octanol–water partition coefficient (Wildman–Crippen LogP) is 5.56. The second-order valence-electron chi connectivity index (χ2n) is 9.50. The molecule has 0 heterocycles. The highest BCUT2D eigenvalue weighted by Crippen LogP contribution is 2.35. The summed E-state index contributed by atoms with van der Waals surface area (Å²) in [7, 11) is 0. The molecule has 0 spiro atoms. The number of rotatable bonds is 14. The highest BCUT2D eigenvalue weighted by atomic mass is 16.6. The number of esters is 2. The number of hydrogen-bond acceptors (Lipinski definition) is 6. The van der Waals surface area contributed by atoms with Crippen molar-refractivity contribution in [2.24, 2.45) is 5.41 Å². The zero-order valence-electron chi connectivity index (χ0n) is 21.0. The molecule has 0 fully saturated rings. The molecule has 0 aliphatic rings. The number of carbonyl (C=O) groups excluding carboxylic acids is 2. The number of benzene rings is 1. The van der Waals surface area contributed by atoms with Gasteiger partial charge < -0.3 is 19.3 Å². The van der Waals surface area contributed by atoms with Crippen molar-refractivity contribution in [1.29, 1.82) is 0 Å². The second kappa shape index (κ2) is 12.4. The monoisotopic (exact) mass is 450 g/mol. The minimum absolute atomic E-state index is 0.0181. The summed E-state index contributed by atoms with van der Waals surface area (Å²) in [5, 5.41) is 9.63. The Bertz CT molecular complexity index is 714. The van der Waals surface area contributed by atoms with Crippen LogP contribution in [0, 0.1) is 5.41 Å². The Morgan fingerprint density at radius 2 is 1.31 bits per heavy atom. The lowest BCUT2D eigenvalue weighted by Crippen LogP contribution is -2.39. The molecule has 0 amide bonds. The largest absolute Gasteiger partial charge is 0.460 e. The van der Waals surface area contributed by atoms with Gasteiger partial charge in [-0.25, -0.2) is 9.59 Å². The van der Waals surface area contributed by atoms with Gasteiger partial charge in [0.25, 0.3) is 0 Å². The normalized spacial score (nSPS) is 12.5. The first-order chi connectivity index (χ1) is 15.0. The molecule has 0 radical (unpaired) electrons. The molecule has 0 aliphatic heterocycles. The molecule has 0 bridgehead atoms. The SMILES string of the molecule is CCC(C)(CC)OCCOC(=O)c1ccc(C(=O)OC(CC)(CC)CC(C)(C)CO)cc1. The molecule has 0 aliphatic carbocycles. The quantitative estimate of drug-likeness (QED) is 0.295. The van der Waals surface area contributed by atoms with Gasteiger partial charge in [-0.15, -0.1) is 0 Å². The molecule has 1 aromatic rings. The molecule has 182 valence electrons. The van der Waals surface area contributed by atoms with E-state index in [1.54, 1.807) is 24.3 Å². The first-order valence-electron chi connectivity index (χ1n) is 11.7. The van der Waals surface area contributed by atoms with E-state index in [1.165, 1.54) is 0 Å². The summed E-state index contributed by atoms with van der Waals surface area (Å²) < 4.78 is 17.0. The van der Waals surface area contributed by atoms with Crippen LogP contribution in [-0.4, -0.2) is 48.1 Å². The van der Waals surface area contributed by atoms with Gasteiger partial charge in [-0.2, -0.15) is 0 Å². The van der Waals surface area contributed by atoms with Crippen LogP contribution in [0.4, 0.5) is 0 Å². The molecular formula is C26H42O6. The minimum Gasteiger partial charge on any atom is -0.460 e. The number of aliphatic hydroxyl groups is 1. The molecule has 0 saturated heterocycles. The van der Waals surface area contributed by atoms with Crippen molar-refractivity contribution in [2.45, 2.75) is 91.8 Å². The van der Waals surface area contributed by atoms with Crippen LogP contribution in [0.25, 0.3) is 0 Å². The van der Waals surface area contributed by atoms with Gasteiger partial charge in [-0.3, -0.25) is 0 Å². The fourth-order valence-electron chi connectivity index (χ4n) is 3.57. The van der Waals surface area contributed by atoms with Crippen molar-refractivity contribution in [2.75, 3.05) is 19.8 Å². The Labute approximate surface area is 193 Å². The van der Waals surface area contributed by atoms with E-state index in [4.69, 9.17) is 14.2 Å². The van der Waals surface area contributed by atoms with Gasteiger partial charge in [0.05, 0.1) is 23.3 Å². The maximum Gasteiger partial charge on any atom is 0.338 e. The van der Waals surface area contributed by atoms with E-state index in [9.17, 15) is 14.7 Å². The van der Waals surface area contributed by atoms with Crippen LogP contribution in [0.1, 0.15) is 101 Å². The summed E-state index contributed by atoms with van der Waals surface area (Å²) in [5.41, 5.74) is -0.456. The Morgan fingerprint density at radius 3 is 1.75 bits per heavy atom. The molecule has 6 heteroatoms. The Kier molecular flexibility index (Phi) is 10.9. The van der Waals surface area contributed by atoms with E-state index in [1.807, 2.05) is 34.6 Å². The van der Waals surface area contributed by atoms with Crippen LogP contribution in [0.2, 0.25) is 0 Å². The van der Waals surface area contributed by atoms with E-state index in [0.717, 1.165) is 12.8 Å². The first kappa shape index (κ1) is 28.1. The summed E-state index contributed by atoms with van der Waals surface area (Å²) >= 11 is 0. The number of aliphatic hydroxyl groups excluding tert-OH is 1. The third-order valence-corrected chi connectivity index (χ3v) is 6.45. The third kappa shape index (κ3) is 8.21. The average Bonchev–Trinajstić information content (AvgIpc) is 2.80. The lowest BCUT2D eigenvalue weighted by Gasteiger charge is -2.38. The summed E-state index contributed by atoms with van der Waals surface area (Å²) in [6.07, 6.45) is 3.66. The van der Waals surface area contributed by atoms with Gasteiger partial charge in [0.15, 0.2) is 0 Å². The lowest BCUT2D eigenvalue weighted by atomic mass is 9.78. The maximum absolute atomic E-state index is 12.8.